The van der Waals surface area contributed by atoms with Gasteiger partial charge in [0.1, 0.15) is 5.82 Å². The molecule has 5 nitrogen and oxygen atoms in total. The Kier molecular flexibility index (Phi) is 5.44. The van der Waals surface area contributed by atoms with E-state index in [0.29, 0.717) is 18.8 Å². The van der Waals surface area contributed by atoms with Gasteiger partial charge >= 0.3 is 6.03 Å². The first-order valence-corrected chi connectivity index (χ1v) is 6.76. The lowest BCUT2D eigenvalue weighted by Crippen LogP contribution is -2.35. The molecule has 1 N–H and O–H groups in total. The first-order chi connectivity index (χ1) is 10.7. The van der Waals surface area contributed by atoms with E-state index >= 15 is 0 Å². The Hall–Kier alpha value is -2.94. The lowest BCUT2D eigenvalue weighted by atomic mass is 10.2. The molecule has 0 bridgehead atoms. The fourth-order valence-electron chi connectivity index (χ4n) is 1.89. The summed E-state index contributed by atoms with van der Waals surface area (Å²) in [6.45, 7) is 0.654. The predicted octanol–water partition coefficient (Wildman–Crippen LogP) is 3.17. The van der Waals surface area contributed by atoms with E-state index in [1.165, 1.54) is 29.2 Å². The quantitative estimate of drug-likeness (QED) is 0.921. The third-order valence-corrected chi connectivity index (χ3v) is 2.97. The van der Waals surface area contributed by atoms with Crippen molar-refractivity contribution < 1.29 is 9.18 Å². The van der Waals surface area contributed by atoms with Crippen LogP contribution in [0.4, 0.5) is 14.9 Å². The molecule has 2 aromatic rings. The van der Waals surface area contributed by atoms with E-state index in [1.54, 1.807) is 18.5 Å². The predicted molar refractivity (Wildman–Crippen MR) is 80.3 cm³/mol. The van der Waals surface area contributed by atoms with Crippen LogP contribution in [0.1, 0.15) is 12.0 Å². The minimum atomic E-state index is -0.366. The van der Waals surface area contributed by atoms with E-state index in [4.69, 9.17) is 5.26 Å². The highest BCUT2D eigenvalue weighted by Gasteiger charge is 2.14. The van der Waals surface area contributed by atoms with Gasteiger partial charge in [-0.25, -0.2) is 9.18 Å². The van der Waals surface area contributed by atoms with Gasteiger partial charge in [-0.2, -0.15) is 5.26 Å². The number of hydrogen-bond donors (Lipinski definition) is 1. The molecule has 6 heteroatoms. The smallest absolute Gasteiger partial charge is 0.319 e. The van der Waals surface area contributed by atoms with Crippen LogP contribution in [0, 0.1) is 17.1 Å². The van der Waals surface area contributed by atoms with Crippen molar-refractivity contribution in [2.75, 3.05) is 11.9 Å². The second-order valence-corrected chi connectivity index (χ2v) is 4.63. The van der Waals surface area contributed by atoms with E-state index in [9.17, 15) is 9.18 Å². The number of hydrogen-bond acceptors (Lipinski definition) is 3. The molecular formula is C16H15FN4O. The molecule has 2 rings (SSSR count). The summed E-state index contributed by atoms with van der Waals surface area (Å²) in [6.07, 6.45) is 3.56. The van der Waals surface area contributed by atoms with Gasteiger partial charge in [0.05, 0.1) is 12.5 Å². The third kappa shape index (κ3) is 4.56. The Morgan fingerprint density at radius 3 is 2.73 bits per heavy atom. The zero-order valence-corrected chi connectivity index (χ0v) is 11.9. The maximum Gasteiger partial charge on any atom is 0.322 e. The molecule has 2 amide bonds. The standard InChI is InChI=1S/C16H15FN4O/c17-14-4-6-15(7-5-14)20-16(22)21(10-2-8-18)12-13-3-1-9-19-11-13/h1,3-7,9,11H,2,10,12H2,(H,20,22). The van der Waals surface area contributed by atoms with Crippen LogP contribution in [0.2, 0.25) is 0 Å². The Balaban J connectivity index is 2.05. The average Bonchev–Trinajstić information content (AvgIpc) is 2.54. The largest absolute Gasteiger partial charge is 0.322 e. The molecule has 0 unspecified atom stereocenters. The van der Waals surface area contributed by atoms with E-state index in [0.717, 1.165) is 5.56 Å². The number of nitriles is 1. The highest BCUT2D eigenvalue weighted by molar-refractivity contribution is 5.89. The van der Waals surface area contributed by atoms with Crippen molar-refractivity contribution in [2.45, 2.75) is 13.0 Å². The number of nitrogens with one attached hydrogen (secondary N) is 1. The Bertz CT molecular complexity index is 652. The van der Waals surface area contributed by atoms with Gasteiger partial charge in [0.25, 0.3) is 0 Å². The van der Waals surface area contributed by atoms with Crippen molar-refractivity contribution in [1.82, 2.24) is 9.88 Å². The average molecular weight is 298 g/mol. The number of benzene rings is 1. The van der Waals surface area contributed by atoms with Gasteiger partial charge in [-0.05, 0) is 35.9 Å². The summed E-state index contributed by atoms with van der Waals surface area (Å²) in [7, 11) is 0. The van der Waals surface area contributed by atoms with E-state index in [2.05, 4.69) is 10.3 Å². The molecule has 0 radical (unpaired) electrons. The first kappa shape index (κ1) is 15.4. The van der Waals surface area contributed by atoms with Crippen LogP contribution < -0.4 is 5.32 Å². The monoisotopic (exact) mass is 298 g/mol. The number of anilines is 1. The van der Waals surface area contributed by atoms with E-state index in [-0.39, 0.29) is 18.3 Å². The SMILES string of the molecule is N#CCCN(Cc1cccnc1)C(=O)Nc1ccc(F)cc1. The summed E-state index contributed by atoms with van der Waals surface area (Å²) < 4.78 is 12.9. The summed E-state index contributed by atoms with van der Waals surface area (Å²) in [5, 5.41) is 11.4. The van der Waals surface area contributed by atoms with Crippen molar-refractivity contribution >= 4 is 11.7 Å². The number of amides is 2. The minimum Gasteiger partial charge on any atom is -0.319 e. The van der Waals surface area contributed by atoms with Crippen molar-refractivity contribution in [3.8, 4) is 6.07 Å². The van der Waals surface area contributed by atoms with Crippen LogP contribution >= 0.6 is 0 Å². The van der Waals surface area contributed by atoms with Crippen LogP contribution in [-0.2, 0) is 6.54 Å². The number of halogens is 1. The van der Waals surface area contributed by atoms with Crippen molar-refractivity contribution in [2.24, 2.45) is 0 Å². The molecule has 0 aliphatic carbocycles. The molecule has 0 saturated carbocycles. The number of nitrogens with zero attached hydrogens (tertiary/aromatic N) is 3. The zero-order valence-electron chi connectivity index (χ0n) is 11.9. The van der Waals surface area contributed by atoms with Crippen LogP contribution in [-0.4, -0.2) is 22.5 Å². The minimum absolute atomic E-state index is 0.233. The molecule has 0 atom stereocenters. The number of carbonyl (C=O) groups excluding carboxylic acids is 1. The first-order valence-electron chi connectivity index (χ1n) is 6.76. The van der Waals surface area contributed by atoms with Crippen LogP contribution in [0.15, 0.2) is 48.8 Å². The van der Waals surface area contributed by atoms with Crippen molar-refractivity contribution in [1.29, 1.82) is 5.26 Å². The Labute approximate surface area is 128 Å². The number of urea groups is 1. The molecule has 0 saturated heterocycles. The Morgan fingerprint density at radius 2 is 2.09 bits per heavy atom. The maximum atomic E-state index is 12.9. The normalized spacial score (nSPS) is 9.82. The van der Waals surface area contributed by atoms with Crippen LogP contribution in [0.25, 0.3) is 0 Å². The number of aromatic nitrogens is 1. The Morgan fingerprint density at radius 1 is 1.32 bits per heavy atom. The molecule has 0 spiro atoms. The molecule has 112 valence electrons. The second-order valence-electron chi connectivity index (χ2n) is 4.63. The fraction of sp³-hybridized carbons (Fsp3) is 0.188. The molecule has 0 aliphatic heterocycles. The highest BCUT2D eigenvalue weighted by atomic mass is 19.1. The van der Waals surface area contributed by atoms with Gasteiger partial charge in [0.2, 0.25) is 0 Å². The summed E-state index contributed by atoms with van der Waals surface area (Å²) in [5.74, 6) is -0.366. The van der Waals surface area contributed by atoms with Gasteiger partial charge in [-0.3, -0.25) is 4.98 Å². The number of carbonyl (C=O) groups is 1. The number of rotatable bonds is 5. The summed E-state index contributed by atoms with van der Waals surface area (Å²) in [5.41, 5.74) is 1.37. The summed E-state index contributed by atoms with van der Waals surface area (Å²) in [4.78, 5) is 17.8. The van der Waals surface area contributed by atoms with E-state index < -0.39 is 0 Å². The zero-order chi connectivity index (χ0) is 15.8. The van der Waals surface area contributed by atoms with Crippen molar-refractivity contribution in [3.63, 3.8) is 0 Å². The van der Waals surface area contributed by atoms with Crippen LogP contribution in [0.5, 0.6) is 0 Å². The van der Waals surface area contributed by atoms with Crippen molar-refractivity contribution in [3.05, 3.63) is 60.2 Å². The molecule has 1 heterocycles. The molecule has 0 aliphatic rings. The molecule has 22 heavy (non-hydrogen) atoms. The molecular weight excluding hydrogens is 283 g/mol. The summed E-state index contributed by atoms with van der Waals surface area (Å²) >= 11 is 0. The molecule has 0 fully saturated rings. The fourth-order valence-corrected chi connectivity index (χ4v) is 1.89. The lowest BCUT2D eigenvalue weighted by Gasteiger charge is -2.22. The van der Waals surface area contributed by atoms with Gasteiger partial charge < -0.3 is 10.2 Å². The van der Waals surface area contributed by atoms with Crippen LogP contribution in [0.3, 0.4) is 0 Å². The summed E-state index contributed by atoms with van der Waals surface area (Å²) in [6, 6.07) is 10.8. The second kappa shape index (κ2) is 7.74. The molecule has 1 aromatic carbocycles. The third-order valence-electron chi connectivity index (χ3n) is 2.97. The van der Waals surface area contributed by atoms with Gasteiger partial charge in [0, 0.05) is 31.2 Å². The lowest BCUT2D eigenvalue weighted by molar-refractivity contribution is 0.210. The highest BCUT2D eigenvalue weighted by Crippen LogP contribution is 2.11. The maximum absolute atomic E-state index is 12.9. The topological polar surface area (TPSA) is 69.0 Å². The van der Waals surface area contributed by atoms with Gasteiger partial charge in [-0.1, -0.05) is 6.07 Å². The number of pyridine rings is 1. The van der Waals surface area contributed by atoms with Gasteiger partial charge in [-0.15, -0.1) is 0 Å². The van der Waals surface area contributed by atoms with E-state index in [1.807, 2.05) is 12.1 Å². The van der Waals surface area contributed by atoms with Gasteiger partial charge in [0.15, 0.2) is 0 Å². The molecule has 1 aromatic heterocycles.